The SMILES string of the molecule is CCOC(=O)c1ncc(C(=O)NCC2(C)CCC2)s1. The third-order valence-electron chi connectivity index (χ3n) is 3.42. The van der Waals surface area contributed by atoms with Crippen LogP contribution in [-0.2, 0) is 4.74 Å². The zero-order valence-corrected chi connectivity index (χ0v) is 12.0. The Hall–Kier alpha value is -1.43. The summed E-state index contributed by atoms with van der Waals surface area (Å²) < 4.78 is 4.84. The average Bonchev–Trinajstić information content (AvgIpc) is 2.83. The fourth-order valence-corrected chi connectivity index (χ4v) is 2.73. The van der Waals surface area contributed by atoms with Crippen LogP contribution in [0.2, 0.25) is 0 Å². The van der Waals surface area contributed by atoms with Crippen LogP contribution in [0.4, 0.5) is 0 Å². The van der Waals surface area contributed by atoms with E-state index in [1.807, 2.05) is 0 Å². The molecule has 104 valence electrons. The van der Waals surface area contributed by atoms with E-state index < -0.39 is 5.97 Å². The van der Waals surface area contributed by atoms with E-state index in [4.69, 9.17) is 4.74 Å². The minimum absolute atomic E-state index is 0.166. The molecule has 0 unspecified atom stereocenters. The van der Waals surface area contributed by atoms with Gasteiger partial charge in [0.05, 0.1) is 12.8 Å². The summed E-state index contributed by atoms with van der Waals surface area (Å²) in [6, 6.07) is 0. The summed E-state index contributed by atoms with van der Waals surface area (Å²) >= 11 is 1.07. The molecule has 0 spiro atoms. The maximum atomic E-state index is 11.9. The van der Waals surface area contributed by atoms with Crippen molar-refractivity contribution in [1.82, 2.24) is 10.3 Å². The van der Waals surface area contributed by atoms with E-state index in [0.29, 0.717) is 18.0 Å². The number of hydrogen-bond acceptors (Lipinski definition) is 5. The number of nitrogens with one attached hydrogen (secondary N) is 1. The number of carbonyl (C=O) groups is 2. The largest absolute Gasteiger partial charge is 0.461 e. The predicted octanol–water partition coefficient (Wildman–Crippen LogP) is 2.24. The van der Waals surface area contributed by atoms with Crippen molar-refractivity contribution in [2.24, 2.45) is 5.41 Å². The highest BCUT2D eigenvalue weighted by atomic mass is 32.1. The molecule has 1 aliphatic carbocycles. The maximum Gasteiger partial charge on any atom is 0.367 e. The number of nitrogens with zero attached hydrogens (tertiary/aromatic N) is 1. The smallest absolute Gasteiger partial charge is 0.367 e. The van der Waals surface area contributed by atoms with Gasteiger partial charge in [0.25, 0.3) is 5.91 Å². The molecule has 0 bridgehead atoms. The Labute approximate surface area is 116 Å². The van der Waals surface area contributed by atoms with E-state index in [1.165, 1.54) is 12.6 Å². The molecule has 0 atom stereocenters. The van der Waals surface area contributed by atoms with Gasteiger partial charge in [-0.3, -0.25) is 4.79 Å². The van der Waals surface area contributed by atoms with Gasteiger partial charge in [0.2, 0.25) is 5.01 Å². The van der Waals surface area contributed by atoms with Gasteiger partial charge in [-0.1, -0.05) is 13.3 Å². The molecule has 19 heavy (non-hydrogen) atoms. The van der Waals surface area contributed by atoms with Gasteiger partial charge in [0, 0.05) is 6.54 Å². The van der Waals surface area contributed by atoms with Crippen LogP contribution in [0, 0.1) is 5.41 Å². The normalized spacial score (nSPS) is 16.5. The number of hydrogen-bond donors (Lipinski definition) is 1. The Morgan fingerprint density at radius 2 is 2.26 bits per heavy atom. The van der Waals surface area contributed by atoms with Gasteiger partial charge in [0.15, 0.2) is 0 Å². The summed E-state index contributed by atoms with van der Waals surface area (Å²) in [5.41, 5.74) is 0.240. The number of carbonyl (C=O) groups excluding carboxylic acids is 2. The van der Waals surface area contributed by atoms with Gasteiger partial charge < -0.3 is 10.1 Å². The summed E-state index contributed by atoms with van der Waals surface area (Å²) in [4.78, 5) is 27.7. The van der Waals surface area contributed by atoms with Crippen LogP contribution in [0.15, 0.2) is 6.20 Å². The topological polar surface area (TPSA) is 68.3 Å². The van der Waals surface area contributed by atoms with Crippen molar-refractivity contribution in [3.05, 3.63) is 16.1 Å². The van der Waals surface area contributed by atoms with E-state index in [9.17, 15) is 9.59 Å². The van der Waals surface area contributed by atoms with Gasteiger partial charge in [-0.05, 0) is 25.2 Å². The molecule has 1 aromatic heterocycles. The minimum atomic E-state index is -0.475. The number of aromatic nitrogens is 1. The van der Waals surface area contributed by atoms with E-state index in [0.717, 1.165) is 24.2 Å². The van der Waals surface area contributed by atoms with Crippen molar-refractivity contribution in [2.75, 3.05) is 13.2 Å². The summed E-state index contributed by atoms with van der Waals surface area (Å²) in [5, 5.41) is 3.13. The highest BCUT2D eigenvalue weighted by molar-refractivity contribution is 7.15. The molecule has 0 aliphatic heterocycles. The molecule has 2 rings (SSSR count). The molecule has 1 heterocycles. The van der Waals surface area contributed by atoms with Gasteiger partial charge in [-0.15, -0.1) is 11.3 Å². The van der Waals surface area contributed by atoms with Gasteiger partial charge in [-0.2, -0.15) is 0 Å². The molecule has 6 heteroatoms. The quantitative estimate of drug-likeness (QED) is 0.841. The lowest BCUT2D eigenvalue weighted by Crippen LogP contribution is -2.39. The van der Waals surface area contributed by atoms with Crippen molar-refractivity contribution in [3.8, 4) is 0 Å². The number of amides is 1. The molecule has 0 radical (unpaired) electrons. The molecule has 1 aliphatic rings. The Bertz CT molecular complexity index is 480. The van der Waals surface area contributed by atoms with Crippen LogP contribution in [0.3, 0.4) is 0 Å². The van der Waals surface area contributed by atoms with Crippen LogP contribution < -0.4 is 5.32 Å². The number of thiazole rings is 1. The Balaban J connectivity index is 1.90. The Morgan fingerprint density at radius 1 is 1.53 bits per heavy atom. The first-order valence-corrected chi connectivity index (χ1v) is 7.27. The first kappa shape index (κ1) is 14.0. The van der Waals surface area contributed by atoms with Crippen LogP contribution in [-0.4, -0.2) is 30.0 Å². The minimum Gasteiger partial charge on any atom is -0.461 e. The monoisotopic (exact) mass is 282 g/mol. The van der Waals surface area contributed by atoms with Crippen LogP contribution in [0.5, 0.6) is 0 Å². The second-order valence-corrected chi connectivity index (χ2v) is 6.13. The van der Waals surface area contributed by atoms with Crippen molar-refractivity contribution < 1.29 is 14.3 Å². The molecule has 0 aromatic carbocycles. The lowest BCUT2D eigenvalue weighted by molar-refractivity contribution is 0.0526. The fraction of sp³-hybridized carbons (Fsp3) is 0.615. The standard InChI is InChI=1S/C13H18N2O3S/c1-3-18-12(17)11-14-7-9(19-11)10(16)15-8-13(2)5-4-6-13/h7H,3-6,8H2,1-2H3,(H,15,16). The Kier molecular flexibility index (Phi) is 4.19. The lowest BCUT2D eigenvalue weighted by atomic mass is 9.70. The number of ether oxygens (including phenoxy) is 1. The maximum absolute atomic E-state index is 11.9. The zero-order valence-electron chi connectivity index (χ0n) is 11.2. The number of esters is 1. The molecule has 1 saturated carbocycles. The molecular weight excluding hydrogens is 264 g/mol. The van der Waals surface area contributed by atoms with E-state index in [2.05, 4.69) is 17.2 Å². The van der Waals surface area contributed by atoms with Crippen molar-refractivity contribution in [2.45, 2.75) is 33.1 Å². The fourth-order valence-electron chi connectivity index (χ4n) is 2.00. The third-order valence-corrected chi connectivity index (χ3v) is 4.39. The molecule has 5 nitrogen and oxygen atoms in total. The Morgan fingerprint density at radius 3 is 2.84 bits per heavy atom. The summed E-state index contributed by atoms with van der Waals surface area (Å²) in [6.07, 6.45) is 4.98. The molecule has 0 saturated heterocycles. The van der Waals surface area contributed by atoms with Crippen LogP contribution >= 0.6 is 11.3 Å². The molecule has 1 fully saturated rings. The molecular formula is C13H18N2O3S. The summed E-state index contributed by atoms with van der Waals surface area (Å²) in [6.45, 7) is 4.89. The number of rotatable bonds is 5. The van der Waals surface area contributed by atoms with Crippen molar-refractivity contribution in [3.63, 3.8) is 0 Å². The van der Waals surface area contributed by atoms with Crippen LogP contribution in [0.25, 0.3) is 0 Å². The van der Waals surface area contributed by atoms with Gasteiger partial charge in [0.1, 0.15) is 4.88 Å². The second-order valence-electron chi connectivity index (χ2n) is 5.10. The molecule has 1 N–H and O–H groups in total. The summed E-state index contributed by atoms with van der Waals surface area (Å²) in [5.74, 6) is -0.640. The van der Waals surface area contributed by atoms with E-state index in [1.54, 1.807) is 6.92 Å². The van der Waals surface area contributed by atoms with Crippen molar-refractivity contribution >= 4 is 23.2 Å². The lowest BCUT2D eigenvalue weighted by Gasteiger charge is -2.38. The van der Waals surface area contributed by atoms with Crippen LogP contribution in [0.1, 0.15) is 52.6 Å². The van der Waals surface area contributed by atoms with E-state index >= 15 is 0 Å². The molecule has 1 amide bonds. The molecule has 1 aromatic rings. The highest BCUT2D eigenvalue weighted by Crippen LogP contribution is 2.39. The third kappa shape index (κ3) is 3.32. The first-order valence-electron chi connectivity index (χ1n) is 6.45. The van der Waals surface area contributed by atoms with Gasteiger partial charge >= 0.3 is 5.97 Å². The zero-order chi connectivity index (χ0) is 13.9. The average molecular weight is 282 g/mol. The summed E-state index contributed by atoms with van der Waals surface area (Å²) in [7, 11) is 0. The van der Waals surface area contributed by atoms with E-state index in [-0.39, 0.29) is 16.3 Å². The predicted molar refractivity (Wildman–Crippen MR) is 72.4 cm³/mol. The second kappa shape index (κ2) is 5.69. The first-order chi connectivity index (χ1) is 9.04. The highest BCUT2D eigenvalue weighted by Gasteiger charge is 2.32. The van der Waals surface area contributed by atoms with Crippen molar-refractivity contribution in [1.29, 1.82) is 0 Å². The van der Waals surface area contributed by atoms with Gasteiger partial charge in [-0.25, -0.2) is 9.78 Å².